The molecule has 0 aliphatic heterocycles. The quantitative estimate of drug-likeness (QED) is 0.208. The van der Waals surface area contributed by atoms with E-state index in [0.29, 0.717) is 12.8 Å². The van der Waals surface area contributed by atoms with E-state index in [4.69, 9.17) is 4.74 Å². The number of aromatic nitrogens is 2. The molecule has 0 fully saturated rings. The van der Waals surface area contributed by atoms with Gasteiger partial charge in [0.15, 0.2) is 0 Å². The molecular weight excluding hydrogens is 536 g/mol. The number of thiazole rings is 2. The Hall–Kier alpha value is -3.80. The number of carboxylic acid groups (broad SMARTS) is 1. The van der Waals surface area contributed by atoms with E-state index in [9.17, 15) is 19.8 Å². The van der Waals surface area contributed by atoms with Crippen LogP contribution in [-0.4, -0.2) is 55.5 Å². The lowest BCUT2D eigenvalue weighted by Gasteiger charge is -2.33. The molecule has 3 atom stereocenters. The molecule has 0 saturated carbocycles. The number of aliphatic hydroxyl groups is 1. The molecule has 11 heteroatoms. The van der Waals surface area contributed by atoms with Crippen molar-refractivity contribution in [2.24, 2.45) is 0 Å². The maximum Gasteiger partial charge on any atom is 0.407 e. The minimum Gasteiger partial charge on any atom is -0.465 e. The van der Waals surface area contributed by atoms with Gasteiger partial charge in [-0.2, -0.15) is 0 Å². The van der Waals surface area contributed by atoms with Crippen molar-refractivity contribution in [3.8, 4) is 0 Å². The molecule has 0 aliphatic carbocycles. The average Bonchev–Trinajstić information content (AvgIpc) is 3.65. The van der Waals surface area contributed by atoms with E-state index in [2.05, 4.69) is 15.3 Å². The van der Waals surface area contributed by atoms with Crippen LogP contribution in [0, 0.1) is 0 Å². The van der Waals surface area contributed by atoms with E-state index in [1.54, 1.807) is 23.4 Å². The summed E-state index contributed by atoms with van der Waals surface area (Å²) in [6.07, 6.45) is 1.32. The third-order valence-electron chi connectivity index (χ3n) is 6.22. The number of hydrogen-bond acceptors (Lipinski definition) is 8. The number of amides is 2. The first-order valence-corrected chi connectivity index (χ1v) is 14.2. The Balaban J connectivity index is 1.53. The molecule has 2 aromatic carbocycles. The SMILES string of the molecule is O=C(N[C@@H](Cc1ccccc1)[C@@H](O)C[C@H](Cc1ccccc1)N(Cc1cncs1)C(=O)O)OCc1cncs1. The first-order valence-electron chi connectivity index (χ1n) is 12.4. The van der Waals surface area contributed by atoms with Crippen LogP contribution in [0.3, 0.4) is 0 Å². The lowest BCUT2D eigenvalue weighted by molar-refractivity contribution is 0.0622. The van der Waals surface area contributed by atoms with E-state index in [1.165, 1.54) is 27.6 Å². The number of aliphatic hydroxyl groups excluding tert-OH is 1. The number of nitrogens with one attached hydrogen (secondary N) is 1. The zero-order valence-corrected chi connectivity index (χ0v) is 22.8. The van der Waals surface area contributed by atoms with Gasteiger partial charge in [0.2, 0.25) is 0 Å². The maximum atomic E-state index is 12.7. The fraction of sp³-hybridized carbons (Fsp3) is 0.286. The smallest absolute Gasteiger partial charge is 0.407 e. The fourth-order valence-electron chi connectivity index (χ4n) is 4.29. The van der Waals surface area contributed by atoms with Gasteiger partial charge in [0.05, 0.1) is 34.6 Å². The van der Waals surface area contributed by atoms with Crippen LogP contribution in [0.4, 0.5) is 9.59 Å². The van der Waals surface area contributed by atoms with Crippen LogP contribution in [0.2, 0.25) is 0 Å². The highest BCUT2D eigenvalue weighted by Gasteiger charge is 2.31. The fourth-order valence-corrected chi connectivity index (χ4v) is 5.38. The highest BCUT2D eigenvalue weighted by atomic mass is 32.1. The summed E-state index contributed by atoms with van der Waals surface area (Å²) in [4.78, 5) is 36.1. The van der Waals surface area contributed by atoms with Crippen molar-refractivity contribution in [2.45, 2.75) is 50.6 Å². The molecular formula is C28H30N4O5S2. The lowest BCUT2D eigenvalue weighted by atomic mass is 9.93. The molecule has 9 nitrogen and oxygen atoms in total. The molecule has 4 rings (SSSR count). The van der Waals surface area contributed by atoms with Crippen LogP contribution in [0.15, 0.2) is 84.1 Å². The van der Waals surface area contributed by atoms with Gasteiger partial charge in [-0.25, -0.2) is 9.59 Å². The van der Waals surface area contributed by atoms with Gasteiger partial charge in [0, 0.05) is 23.3 Å². The Labute approximate surface area is 234 Å². The number of benzene rings is 2. The first-order chi connectivity index (χ1) is 19.0. The molecule has 0 radical (unpaired) electrons. The average molecular weight is 567 g/mol. The zero-order chi connectivity index (χ0) is 27.5. The van der Waals surface area contributed by atoms with Gasteiger partial charge in [-0.1, -0.05) is 60.7 Å². The summed E-state index contributed by atoms with van der Waals surface area (Å²) >= 11 is 2.76. The van der Waals surface area contributed by atoms with Crippen molar-refractivity contribution in [3.63, 3.8) is 0 Å². The van der Waals surface area contributed by atoms with Gasteiger partial charge in [0.25, 0.3) is 0 Å². The predicted molar refractivity (Wildman–Crippen MR) is 150 cm³/mol. The monoisotopic (exact) mass is 566 g/mol. The summed E-state index contributed by atoms with van der Waals surface area (Å²) < 4.78 is 5.36. The summed E-state index contributed by atoms with van der Waals surface area (Å²) in [5.74, 6) is 0. The Bertz CT molecular complexity index is 1270. The van der Waals surface area contributed by atoms with Crippen LogP contribution >= 0.6 is 22.7 Å². The number of nitrogens with zero attached hydrogens (tertiary/aromatic N) is 3. The second kappa shape index (κ2) is 14.4. The molecule has 0 bridgehead atoms. The molecule has 4 aromatic rings. The zero-order valence-electron chi connectivity index (χ0n) is 21.1. The first kappa shape index (κ1) is 28.2. The Morgan fingerprint density at radius 2 is 1.49 bits per heavy atom. The van der Waals surface area contributed by atoms with Crippen molar-refractivity contribution in [1.82, 2.24) is 20.2 Å². The third kappa shape index (κ3) is 8.88. The summed E-state index contributed by atoms with van der Waals surface area (Å²) in [6.45, 7) is 0.223. The second-order valence-corrected chi connectivity index (χ2v) is 11.0. The number of hydrogen-bond donors (Lipinski definition) is 3. The van der Waals surface area contributed by atoms with Crippen LogP contribution in [-0.2, 0) is 30.7 Å². The summed E-state index contributed by atoms with van der Waals surface area (Å²) in [7, 11) is 0. The minimum absolute atomic E-state index is 0.0723. The molecule has 0 aliphatic rings. The maximum absolute atomic E-state index is 12.7. The predicted octanol–water partition coefficient (Wildman–Crippen LogP) is 4.98. The van der Waals surface area contributed by atoms with Crippen LogP contribution in [0.25, 0.3) is 0 Å². The van der Waals surface area contributed by atoms with Gasteiger partial charge in [0.1, 0.15) is 6.61 Å². The van der Waals surface area contributed by atoms with E-state index >= 15 is 0 Å². The van der Waals surface area contributed by atoms with Crippen molar-refractivity contribution in [3.05, 3.63) is 105 Å². The van der Waals surface area contributed by atoms with Crippen molar-refractivity contribution in [1.29, 1.82) is 0 Å². The summed E-state index contributed by atoms with van der Waals surface area (Å²) in [5, 5.41) is 24.4. The van der Waals surface area contributed by atoms with E-state index in [0.717, 1.165) is 20.9 Å². The van der Waals surface area contributed by atoms with Gasteiger partial charge in [-0.15, -0.1) is 22.7 Å². The highest BCUT2D eigenvalue weighted by Crippen LogP contribution is 2.21. The standard InChI is InChI=1S/C28H30N4O5S2/c33-26(25(12-21-9-5-2-6-10-21)31-27(34)37-17-24-15-30-19-39-24)13-22(11-20-7-3-1-4-8-20)32(28(35)36)16-23-14-29-18-38-23/h1-10,14-15,18-19,22,25-26,33H,11-13,16-17H2,(H,31,34)(H,35,36)/t22-,25-,26-/m0/s1. The molecule has 2 aromatic heterocycles. The van der Waals surface area contributed by atoms with Crippen LogP contribution in [0.1, 0.15) is 27.3 Å². The highest BCUT2D eigenvalue weighted by molar-refractivity contribution is 7.09. The molecule has 0 saturated heterocycles. The van der Waals surface area contributed by atoms with Gasteiger partial charge < -0.3 is 20.3 Å². The number of ether oxygens (including phenoxy) is 1. The lowest BCUT2D eigenvalue weighted by Crippen LogP contribution is -2.49. The van der Waals surface area contributed by atoms with Crippen molar-refractivity contribution in [2.75, 3.05) is 0 Å². The topological polar surface area (TPSA) is 125 Å². The van der Waals surface area contributed by atoms with E-state index in [1.807, 2.05) is 60.7 Å². The van der Waals surface area contributed by atoms with E-state index in [-0.39, 0.29) is 19.6 Å². The van der Waals surface area contributed by atoms with Crippen molar-refractivity contribution >= 4 is 34.9 Å². The number of alkyl carbamates (subject to hydrolysis) is 1. The van der Waals surface area contributed by atoms with Crippen molar-refractivity contribution < 1.29 is 24.5 Å². The Morgan fingerprint density at radius 1 is 0.897 bits per heavy atom. The Morgan fingerprint density at radius 3 is 2.05 bits per heavy atom. The minimum atomic E-state index is -1.09. The molecule has 3 N–H and O–H groups in total. The third-order valence-corrected chi connectivity index (χ3v) is 7.74. The number of carbonyl (C=O) groups is 2. The van der Waals surface area contributed by atoms with Crippen LogP contribution < -0.4 is 5.32 Å². The summed E-state index contributed by atoms with van der Waals surface area (Å²) in [6, 6.07) is 17.8. The Kier molecular flexibility index (Phi) is 10.4. The van der Waals surface area contributed by atoms with Gasteiger partial charge in [-0.05, 0) is 30.4 Å². The normalized spacial score (nSPS) is 13.3. The van der Waals surface area contributed by atoms with Gasteiger partial charge >= 0.3 is 12.2 Å². The summed E-state index contributed by atoms with van der Waals surface area (Å²) in [5.41, 5.74) is 5.19. The molecule has 2 heterocycles. The van der Waals surface area contributed by atoms with E-state index < -0.39 is 30.4 Å². The molecule has 2 amide bonds. The van der Waals surface area contributed by atoms with Crippen LogP contribution in [0.5, 0.6) is 0 Å². The number of rotatable bonds is 13. The second-order valence-electron chi connectivity index (χ2n) is 9.01. The molecule has 0 spiro atoms. The molecule has 204 valence electrons. The molecule has 39 heavy (non-hydrogen) atoms. The molecule has 0 unspecified atom stereocenters. The largest absolute Gasteiger partial charge is 0.465 e. The van der Waals surface area contributed by atoms with Gasteiger partial charge in [-0.3, -0.25) is 14.9 Å². The number of carbonyl (C=O) groups excluding carboxylic acids is 1.